The predicted molar refractivity (Wildman–Crippen MR) is 139 cm³/mol. The van der Waals surface area contributed by atoms with Crippen molar-refractivity contribution in [3.63, 3.8) is 0 Å². The number of urea groups is 1. The lowest BCUT2D eigenvalue weighted by molar-refractivity contribution is -0.142. The lowest BCUT2D eigenvalue weighted by atomic mass is 10.2. The first-order chi connectivity index (χ1) is 18.5. The molecule has 0 bridgehead atoms. The monoisotopic (exact) mass is 560 g/mol. The average molecular weight is 561 g/mol. The van der Waals surface area contributed by atoms with E-state index in [2.05, 4.69) is 26.5 Å². The van der Waals surface area contributed by atoms with Crippen LogP contribution in [0.2, 0.25) is 0 Å². The number of carbonyl (C=O) groups is 4. The summed E-state index contributed by atoms with van der Waals surface area (Å²) in [6.45, 7) is -0.455. The number of aliphatic carboxylic acids is 1. The third-order valence-corrected chi connectivity index (χ3v) is 7.52. The number of hydrogen-bond donors (Lipinski definition) is 7. The SMILES string of the molecule is NC(N)=Nc1cccc(C(=O)NNC(=O)NC[C@H](NC(=O)C2CCCN2S(=O)(=O)c2ccccc2)C(=O)O)c1. The first-order valence-corrected chi connectivity index (χ1v) is 13.1. The van der Waals surface area contributed by atoms with Crippen molar-refractivity contribution < 1.29 is 32.7 Å². The van der Waals surface area contributed by atoms with E-state index in [9.17, 15) is 32.7 Å². The van der Waals surface area contributed by atoms with Crippen LogP contribution in [0.5, 0.6) is 0 Å². The molecule has 3 rings (SSSR count). The van der Waals surface area contributed by atoms with Crippen LogP contribution < -0.4 is 33.0 Å². The second kappa shape index (κ2) is 12.7. The lowest BCUT2D eigenvalue weighted by Crippen LogP contribution is -2.56. The predicted octanol–water partition coefficient (Wildman–Crippen LogP) is -1.04. The van der Waals surface area contributed by atoms with Crippen LogP contribution >= 0.6 is 0 Å². The second-order valence-electron chi connectivity index (χ2n) is 8.36. The van der Waals surface area contributed by atoms with Crippen molar-refractivity contribution >= 4 is 45.5 Å². The Balaban J connectivity index is 1.55. The number of benzene rings is 2. The number of carboxylic acid groups (broad SMARTS) is 1. The number of hydrazine groups is 1. The number of guanidine groups is 1. The summed E-state index contributed by atoms with van der Waals surface area (Å²) >= 11 is 0. The van der Waals surface area contributed by atoms with Crippen LogP contribution in [0.25, 0.3) is 0 Å². The van der Waals surface area contributed by atoms with Crippen molar-refractivity contribution in [3.8, 4) is 0 Å². The van der Waals surface area contributed by atoms with Crippen LogP contribution in [0, 0.1) is 0 Å². The van der Waals surface area contributed by atoms with E-state index in [1.165, 1.54) is 30.3 Å². The molecule has 1 aliphatic rings. The molecule has 0 aliphatic carbocycles. The minimum atomic E-state index is -3.98. The average Bonchev–Trinajstić information content (AvgIpc) is 3.41. The number of nitrogens with zero attached hydrogens (tertiary/aromatic N) is 2. The number of carboxylic acids is 1. The summed E-state index contributed by atoms with van der Waals surface area (Å²) in [6, 6.07) is 9.84. The molecule has 208 valence electrons. The molecule has 2 atom stereocenters. The fourth-order valence-corrected chi connectivity index (χ4v) is 5.45. The topological polar surface area (TPSA) is 238 Å². The van der Waals surface area contributed by atoms with Gasteiger partial charge in [-0.15, -0.1) is 0 Å². The molecule has 2 aromatic carbocycles. The van der Waals surface area contributed by atoms with Crippen molar-refractivity contribution in [1.82, 2.24) is 25.8 Å². The van der Waals surface area contributed by atoms with Crippen LogP contribution in [-0.2, 0) is 19.6 Å². The zero-order valence-corrected chi connectivity index (χ0v) is 21.3. The van der Waals surface area contributed by atoms with Gasteiger partial charge >= 0.3 is 12.0 Å². The number of aliphatic imine (C=N–C) groups is 1. The number of hydrogen-bond acceptors (Lipinski definition) is 7. The van der Waals surface area contributed by atoms with Crippen LogP contribution in [0.3, 0.4) is 0 Å². The minimum absolute atomic E-state index is 0.0165. The molecule has 2 aromatic rings. The third kappa shape index (κ3) is 7.65. The van der Waals surface area contributed by atoms with Gasteiger partial charge in [0.05, 0.1) is 17.1 Å². The molecule has 1 heterocycles. The first kappa shape index (κ1) is 28.9. The zero-order valence-electron chi connectivity index (χ0n) is 20.5. The summed E-state index contributed by atoms with van der Waals surface area (Å²) in [5, 5.41) is 14.0. The van der Waals surface area contributed by atoms with Crippen molar-refractivity contribution in [3.05, 3.63) is 60.2 Å². The van der Waals surface area contributed by atoms with Gasteiger partial charge in [-0.3, -0.25) is 15.0 Å². The molecule has 9 N–H and O–H groups in total. The molecule has 0 aromatic heterocycles. The van der Waals surface area contributed by atoms with Crippen molar-refractivity contribution in [2.75, 3.05) is 13.1 Å². The van der Waals surface area contributed by atoms with Gasteiger partial charge in [0, 0.05) is 12.1 Å². The maximum absolute atomic E-state index is 13.0. The third-order valence-electron chi connectivity index (χ3n) is 5.59. The molecule has 1 aliphatic heterocycles. The van der Waals surface area contributed by atoms with Gasteiger partial charge < -0.3 is 27.2 Å². The molecule has 1 unspecified atom stereocenters. The molecule has 0 saturated carbocycles. The Hall–Kier alpha value is -4.70. The highest BCUT2D eigenvalue weighted by Gasteiger charge is 2.40. The molecule has 4 amide bonds. The molecular weight excluding hydrogens is 532 g/mol. The van der Waals surface area contributed by atoms with E-state index in [4.69, 9.17) is 11.5 Å². The van der Waals surface area contributed by atoms with Gasteiger partial charge in [-0.05, 0) is 43.2 Å². The number of carbonyl (C=O) groups excluding carboxylic acids is 3. The van der Waals surface area contributed by atoms with E-state index in [1.54, 1.807) is 24.3 Å². The number of nitrogens with one attached hydrogen (secondary N) is 4. The first-order valence-electron chi connectivity index (χ1n) is 11.6. The summed E-state index contributed by atoms with van der Waals surface area (Å²) < 4.78 is 27.0. The minimum Gasteiger partial charge on any atom is -0.480 e. The van der Waals surface area contributed by atoms with Gasteiger partial charge in [0.15, 0.2) is 5.96 Å². The fourth-order valence-electron chi connectivity index (χ4n) is 3.78. The molecule has 1 saturated heterocycles. The van der Waals surface area contributed by atoms with E-state index in [0.29, 0.717) is 12.1 Å². The van der Waals surface area contributed by atoms with Crippen molar-refractivity contribution in [1.29, 1.82) is 0 Å². The number of nitrogens with two attached hydrogens (primary N) is 2. The van der Waals surface area contributed by atoms with Crippen LogP contribution in [0.1, 0.15) is 23.2 Å². The molecule has 15 nitrogen and oxygen atoms in total. The molecule has 39 heavy (non-hydrogen) atoms. The molecule has 1 fully saturated rings. The Bertz CT molecular complexity index is 1360. The Morgan fingerprint density at radius 2 is 1.77 bits per heavy atom. The molecular formula is C23H28N8O7S. The number of sulfonamides is 1. The largest absolute Gasteiger partial charge is 0.480 e. The lowest BCUT2D eigenvalue weighted by Gasteiger charge is -2.25. The summed E-state index contributed by atoms with van der Waals surface area (Å²) in [5.74, 6) is -3.18. The second-order valence-corrected chi connectivity index (χ2v) is 10.3. The van der Waals surface area contributed by atoms with Gasteiger partial charge in [0.1, 0.15) is 12.1 Å². The van der Waals surface area contributed by atoms with Crippen LogP contribution in [0.4, 0.5) is 10.5 Å². The van der Waals surface area contributed by atoms with Gasteiger partial charge in [0.25, 0.3) is 5.91 Å². The Kier molecular flexibility index (Phi) is 9.40. The summed E-state index contributed by atoms with van der Waals surface area (Å²) in [5.41, 5.74) is 15.2. The van der Waals surface area contributed by atoms with E-state index in [0.717, 1.165) is 4.31 Å². The smallest absolute Gasteiger partial charge is 0.333 e. The molecule has 0 radical (unpaired) electrons. The van der Waals surface area contributed by atoms with Gasteiger partial charge in [-0.2, -0.15) is 4.31 Å². The van der Waals surface area contributed by atoms with Gasteiger partial charge in [-0.25, -0.2) is 28.4 Å². The highest BCUT2D eigenvalue weighted by molar-refractivity contribution is 7.89. The van der Waals surface area contributed by atoms with E-state index in [1.807, 2.05) is 0 Å². The maximum atomic E-state index is 13.0. The van der Waals surface area contributed by atoms with E-state index in [-0.39, 0.29) is 29.4 Å². The Morgan fingerprint density at radius 3 is 2.44 bits per heavy atom. The van der Waals surface area contributed by atoms with Crippen molar-refractivity contribution in [2.45, 2.75) is 29.8 Å². The summed E-state index contributed by atoms with van der Waals surface area (Å²) in [7, 11) is -3.98. The fraction of sp³-hybridized carbons (Fsp3) is 0.261. The standard InChI is InChI=1S/C23H28N8O7S/c24-22(25)27-15-7-4-6-14(12-15)19(32)29-30-23(36)26-13-17(21(34)35)28-20(33)18-10-5-11-31(18)39(37,38)16-8-2-1-3-9-16/h1-4,6-9,12,17-18H,5,10-11,13H2,(H,28,33)(H,29,32)(H,34,35)(H4,24,25,27)(H2,26,30,36)/t17-,18?/m0/s1. The summed E-state index contributed by atoms with van der Waals surface area (Å²) in [6.07, 6.45) is 0.617. The van der Waals surface area contributed by atoms with E-state index >= 15 is 0 Å². The van der Waals surface area contributed by atoms with Crippen LogP contribution in [0.15, 0.2) is 64.5 Å². The van der Waals surface area contributed by atoms with Crippen molar-refractivity contribution in [2.24, 2.45) is 16.5 Å². The molecule has 0 spiro atoms. The maximum Gasteiger partial charge on any atom is 0.333 e. The normalized spacial score (nSPS) is 15.9. The molecule has 16 heteroatoms. The van der Waals surface area contributed by atoms with Gasteiger partial charge in [0.2, 0.25) is 15.9 Å². The summed E-state index contributed by atoms with van der Waals surface area (Å²) in [4.78, 5) is 52.8. The quantitative estimate of drug-likeness (QED) is 0.112. The number of amides is 4. The number of rotatable bonds is 9. The highest BCUT2D eigenvalue weighted by atomic mass is 32.2. The Morgan fingerprint density at radius 1 is 1.05 bits per heavy atom. The highest BCUT2D eigenvalue weighted by Crippen LogP contribution is 2.26. The van der Waals surface area contributed by atoms with Crippen LogP contribution in [-0.4, -0.2) is 72.8 Å². The van der Waals surface area contributed by atoms with Gasteiger partial charge in [-0.1, -0.05) is 24.3 Å². The van der Waals surface area contributed by atoms with E-state index < -0.39 is 52.5 Å². The Labute approximate surface area is 223 Å². The zero-order chi connectivity index (χ0) is 28.6.